The van der Waals surface area contributed by atoms with Gasteiger partial charge in [-0.25, -0.2) is 14.5 Å². The predicted molar refractivity (Wildman–Crippen MR) is 123 cm³/mol. The van der Waals surface area contributed by atoms with Gasteiger partial charge in [0, 0.05) is 19.5 Å². The van der Waals surface area contributed by atoms with E-state index in [0.717, 1.165) is 0 Å². The maximum atomic E-state index is 12.3. The van der Waals surface area contributed by atoms with Gasteiger partial charge in [-0.1, -0.05) is 18.6 Å². The average Bonchev–Trinajstić information content (AvgIpc) is 2.75. The van der Waals surface area contributed by atoms with E-state index in [0.29, 0.717) is 41.8 Å². The van der Waals surface area contributed by atoms with Crippen LogP contribution in [0.3, 0.4) is 0 Å². The Kier molecular flexibility index (Phi) is 9.79. The number of unbranched alkanes of at least 4 members (excludes halogenated alkanes) is 2. The summed E-state index contributed by atoms with van der Waals surface area (Å²) in [6.45, 7) is 0.269. The van der Waals surface area contributed by atoms with Crippen LogP contribution >= 0.6 is 0 Å². The van der Waals surface area contributed by atoms with Gasteiger partial charge in [-0.3, -0.25) is 4.79 Å². The summed E-state index contributed by atoms with van der Waals surface area (Å²) < 4.78 is 34.1. The van der Waals surface area contributed by atoms with Crippen LogP contribution in [0.4, 0.5) is 5.69 Å². The van der Waals surface area contributed by atoms with Crippen LogP contribution in [0.15, 0.2) is 53.5 Å². The van der Waals surface area contributed by atoms with E-state index in [1.807, 2.05) is 0 Å². The second-order valence-corrected chi connectivity index (χ2v) is 8.62. The standard InChI is InChI=1S/C21H27N5O6S/c22-21(23)26-17-9-7-16(8-10-17)20(29)32-18-11-5-15(6-12-18)14-25-33(30,31)24-13-3-1-2-4-19(27)28/h5-12,24-25H,1-4,13-14H2,(H,27,28)(H4,22,23,26). The molecule has 0 saturated carbocycles. The Labute approximate surface area is 192 Å². The summed E-state index contributed by atoms with van der Waals surface area (Å²) in [7, 11) is -3.69. The number of aliphatic imine (C=N–C) groups is 1. The van der Waals surface area contributed by atoms with Gasteiger partial charge in [0.25, 0.3) is 10.2 Å². The summed E-state index contributed by atoms with van der Waals surface area (Å²) in [5.74, 6) is -1.21. The van der Waals surface area contributed by atoms with Crippen molar-refractivity contribution in [2.24, 2.45) is 16.5 Å². The first-order valence-electron chi connectivity index (χ1n) is 10.1. The average molecular weight is 478 g/mol. The molecule has 12 heteroatoms. The van der Waals surface area contributed by atoms with Crippen molar-refractivity contribution in [3.8, 4) is 5.75 Å². The maximum Gasteiger partial charge on any atom is 0.343 e. The van der Waals surface area contributed by atoms with Crippen molar-refractivity contribution in [1.29, 1.82) is 0 Å². The van der Waals surface area contributed by atoms with Crippen molar-refractivity contribution >= 4 is 33.8 Å². The molecule has 0 unspecified atom stereocenters. The number of ether oxygens (including phenoxy) is 1. The number of nitrogens with zero attached hydrogens (tertiary/aromatic N) is 1. The lowest BCUT2D eigenvalue weighted by molar-refractivity contribution is -0.137. The minimum Gasteiger partial charge on any atom is -0.481 e. The van der Waals surface area contributed by atoms with Gasteiger partial charge in [0.1, 0.15) is 5.75 Å². The van der Waals surface area contributed by atoms with Gasteiger partial charge in [0.2, 0.25) is 0 Å². The lowest BCUT2D eigenvalue weighted by Gasteiger charge is -2.09. The van der Waals surface area contributed by atoms with Crippen LogP contribution in [0.2, 0.25) is 0 Å². The van der Waals surface area contributed by atoms with Crippen LogP contribution < -0.4 is 25.6 Å². The van der Waals surface area contributed by atoms with Crippen LogP contribution in [0.5, 0.6) is 5.75 Å². The van der Waals surface area contributed by atoms with Crippen molar-refractivity contribution in [2.75, 3.05) is 6.54 Å². The number of nitrogens with one attached hydrogen (secondary N) is 2. The summed E-state index contributed by atoms with van der Waals surface area (Å²) in [4.78, 5) is 26.6. The number of nitrogens with two attached hydrogens (primary N) is 2. The molecule has 0 atom stereocenters. The molecule has 0 bridgehead atoms. The van der Waals surface area contributed by atoms with Crippen molar-refractivity contribution < 1.29 is 27.9 Å². The summed E-state index contributed by atoms with van der Waals surface area (Å²) in [6, 6.07) is 12.6. The molecule has 33 heavy (non-hydrogen) atoms. The Morgan fingerprint density at radius 2 is 1.61 bits per heavy atom. The molecule has 0 aromatic heterocycles. The molecule has 2 aromatic carbocycles. The number of rotatable bonds is 13. The predicted octanol–water partition coefficient (Wildman–Crippen LogP) is 1.38. The van der Waals surface area contributed by atoms with Gasteiger partial charge in [-0.05, 0) is 54.8 Å². The second-order valence-electron chi connectivity index (χ2n) is 7.04. The fraction of sp³-hybridized carbons (Fsp3) is 0.286. The molecule has 0 saturated heterocycles. The number of guanidine groups is 1. The largest absolute Gasteiger partial charge is 0.481 e. The molecule has 2 aromatic rings. The molecule has 0 heterocycles. The van der Waals surface area contributed by atoms with E-state index >= 15 is 0 Å². The third-order valence-corrected chi connectivity index (χ3v) is 5.43. The van der Waals surface area contributed by atoms with Crippen LogP contribution in [-0.4, -0.2) is 38.0 Å². The number of hydrogen-bond donors (Lipinski definition) is 5. The molecule has 178 valence electrons. The van der Waals surface area contributed by atoms with E-state index in [-0.39, 0.29) is 25.5 Å². The highest BCUT2D eigenvalue weighted by molar-refractivity contribution is 7.87. The normalized spacial score (nSPS) is 11.0. The van der Waals surface area contributed by atoms with Gasteiger partial charge in [-0.15, -0.1) is 0 Å². The van der Waals surface area contributed by atoms with E-state index in [4.69, 9.17) is 21.3 Å². The van der Waals surface area contributed by atoms with Crippen molar-refractivity contribution in [3.63, 3.8) is 0 Å². The minimum absolute atomic E-state index is 0.0504. The SMILES string of the molecule is NC(N)=Nc1ccc(C(=O)Oc2ccc(CNS(=O)(=O)NCCCCCC(=O)O)cc2)cc1. The third kappa shape index (κ3) is 10.1. The smallest absolute Gasteiger partial charge is 0.343 e. The van der Waals surface area contributed by atoms with Crippen molar-refractivity contribution in [1.82, 2.24) is 9.44 Å². The first kappa shape index (κ1) is 25.8. The zero-order chi connectivity index (χ0) is 24.3. The first-order chi connectivity index (χ1) is 15.6. The van der Waals surface area contributed by atoms with E-state index in [2.05, 4.69) is 14.4 Å². The highest BCUT2D eigenvalue weighted by atomic mass is 32.2. The van der Waals surface area contributed by atoms with Gasteiger partial charge in [0.05, 0.1) is 11.3 Å². The molecule has 11 nitrogen and oxygen atoms in total. The quantitative estimate of drug-likeness (QED) is 0.0940. The molecule has 2 rings (SSSR count). The molecule has 0 fully saturated rings. The van der Waals surface area contributed by atoms with Gasteiger partial charge in [-0.2, -0.15) is 13.1 Å². The van der Waals surface area contributed by atoms with Gasteiger partial charge < -0.3 is 21.3 Å². The van der Waals surface area contributed by atoms with Crippen LogP contribution in [-0.2, 0) is 21.5 Å². The third-order valence-electron chi connectivity index (χ3n) is 4.32. The highest BCUT2D eigenvalue weighted by Crippen LogP contribution is 2.17. The highest BCUT2D eigenvalue weighted by Gasteiger charge is 2.11. The monoisotopic (exact) mass is 477 g/mol. The summed E-state index contributed by atoms with van der Waals surface area (Å²) in [6.07, 6.45) is 1.74. The Balaban J connectivity index is 1.78. The van der Waals surface area contributed by atoms with Crippen LogP contribution in [0, 0.1) is 0 Å². The lowest BCUT2D eigenvalue weighted by Crippen LogP contribution is -2.36. The Morgan fingerprint density at radius 1 is 0.939 bits per heavy atom. The summed E-state index contributed by atoms with van der Waals surface area (Å²) in [5, 5.41) is 8.57. The molecule has 0 amide bonds. The zero-order valence-corrected chi connectivity index (χ0v) is 18.7. The molecule has 0 aliphatic rings. The molecular weight excluding hydrogens is 450 g/mol. The lowest BCUT2D eigenvalue weighted by atomic mass is 10.2. The number of hydrogen-bond acceptors (Lipinski definition) is 6. The van der Waals surface area contributed by atoms with Crippen LogP contribution in [0.25, 0.3) is 0 Å². The van der Waals surface area contributed by atoms with Gasteiger partial charge in [0.15, 0.2) is 5.96 Å². The molecule has 0 radical (unpaired) electrons. The van der Waals surface area contributed by atoms with Crippen molar-refractivity contribution in [2.45, 2.75) is 32.2 Å². The summed E-state index contributed by atoms with van der Waals surface area (Å²) >= 11 is 0. The number of carboxylic acid groups (broad SMARTS) is 1. The topological polar surface area (TPSA) is 186 Å². The molecule has 0 aliphatic heterocycles. The first-order valence-corrected chi connectivity index (χ1v) is 11.6. The number of carbonyl (C=O) groups excluding carboxylic acids is 1. The fourth-order valence-corrected chi connectivity index (χ4v) is 3.55. The van der Waals surface area contributed by atoms with Crippen molar-refractivity contribution in [3.05, 3.63) is 59.7 Å². The Morgan fingerprint density at radius 3 is 2.21 bits per heavy atom. The number of aliphatic carboxylic acids is 1. The fourth-order valence-electron chi connectivity index (χ4n) is 2.68. The second kappa shape index (κ2) is 12.5. The molecule has 7 N–H and O–H groups in total. The number of carbonyl (C=O) groups is 2. The minimum atomic E-state index is -3.69. The molecule has 0 spiro atoms. The summed E-state index contributed by atoms with van der Waals surface area (Å²) in [5.41, 5.74) is 12.1. The van der Waals surface area contributed by atoms with E-state index < -0.39 is 22.1 Å². The number of carboxylic acids is 1. The van der Waals surface area contributed by atoms with E-state index in [1.165, 1.54) is 12.1 Å². The Bertz CT molecular complexity index is 1070. The van der Waals surface area contributed by atoms with E-state index in [9.17, 15) is 18.0 Å². The van der Waals surface area contributed by atoms with Crippen LogP contribution in [0.1, 0.15) is 41.6 Å². The maximum absolute atomic E-state index is 12.3. The molecule has 0 aliphatic carbocycles. The molecular formula is C21H27N5O6S. The van der Waals surface area contributed by atoms with Gasteiger partial charge >= 0.3 is 11.9 Å². The number of esters is 1. The number of benzene rings is 2. The van der Waals surface area contributed by atoms with E-state index in [1.54, 1.807) is 36.4 Å². The Hall–Kier alpha value is -3.48. The zero-order valence-electron chi connectivity index (χ0n) is 17.9.